The maximum absolute atomic E-state index is 12.6. The van der Waals surface area contributed by atoms with E-state index in [0.717, 1.165) is 25.7 Å². The number of rotatable bonds is 9. The fraction of sp³-hybridized carbons (Fsp3) is 0.913. The number of hydrogen-bond donors (Lipinski definition) is 1. The molecule has 3 atom stereocenters. The quantitative estimate of drug-likeness (QED) is 0.569. The molecular weight excluding hydrogens is 370 g/mol. The highest BCUT2D eigenvalue weighted by Crippen LogP contribution is 2.30. The van der Waals surface area contributed by atoms with Crippen LogP contribution in [-0.4, -0.2) is 42.5 Å². The Morgan fingerprint density at radius 2 is 1.76 bits per heavy atom. The normalized spacial score (nSPS) is 23.2. The molecule has 29 heavy (non-hydrogen) atoms. The summed E-state index contributed by atoms with van der Waals surface area (Å²) in [4.78, 5) is 24.9. The molecule has 0 spiro atoms. The van der Waals surface area contributed by atoms with Gasteiger partial charge in [-0.2, -0.15) is 0 Å². The third-order valence-corrected chi connectivity index (χ3v) is 5.75. The molecule has 1 N–H and O–H groups in total. The van der Waals surface area contributed by atoms with Gasteiger partial charge in [-0.3, -0.25) is 4.79 Å². The first kappa shape index (κ1) is 24.1. The molecule has 1 amide bonds. The van der Waals surface area contributed by atoms with Crippen LogP contribution < -0.4 is 5.32 Å². The number of alkyl carbamates (subject to hydrolysis) is 1. The van der Waals surface area contributed by atoms with Crippen LogP contribution in [-0.2, 0) is 19.0 Å². The standard InChI is InChI=1S/C23H41NO5/c1-5-18(25)16-20(28-21-13-9-10-14-27-21)19(15-17-11-7-6-8-12-17)24-22(26)29-23(2,3)4/h17,19-21H,5-16H2,1-4H3,(H,24,26). The van der Waals surface area contributed by atoms with E-state index >= 15 is 0 Å². The Balaban J connectivity index is 2.12. The van der Waals surface area contributed by atoms with Gasteiger partial charge in [-0.05, 0) is 52.4 Å². The van der Waals surface area contributed by atoms with Crippen molar-refractivity contribution < 1.29 is 23.8 Å². The van der Waals surface area contributed by atoms with E-state index in [1.54, 1.807) is 0 Å². The van der Waals surface area contributed by atoms with E-state index in [-0.39, 0.29) is 24.2 Å². The van der Waals surface area contributed by atoms with Crippen molar-refractivity contribution >= 4 is 11.9 Å². The van der Waals surface area contributed by atoms with Crippen molar-refractivity contribution in [3.8, 4) is 0 Å². The van der Waals surface area contributed by atoms with Crippen molar-refractivity contribution in [3.63, 3.8) is 0 Å². The Morgan fingerprint density at radius 1 is 1.07 bits per heavy atom. The molecule has 0 aromatic heterocycles. The van der Waals surface area contributed by atoms with Crippen molar-refractivity contribution in [1.82, 2.24) is 5.32 Å². The molecule has 168 valence electrons. The minimum absolute atomic E-state index is 0.144. The lowest BCUT2D eigenvalue weighted by Crippen LogP contribution is -2.49. The summed E-state index contributed by atoms with van der Waals surface area (Å²) < 4.78 is 17.6. The summed E-state index contributed by atoms with van der Waals surface area (Å²) in [6, 6.07) is -0.256. The summed E-state index contributed by atoms with van der Waals surface area (Å²) in [5, 5.41) is 3.05. The molecule has 2 aliphatic rings. The van der Waals surface area contributed by atoms with Crippen LogP contribution in [0.3, 0.4) is 0 Å². The smallest absolute Gasteiger partial charge is 0.407 e. The van der Waals surface area contributed by atoms with Gasteiger partial charge in [0.05, 0.1) is 12.1 Å². The summed E-state index contributed by atoms with van der Waals surface area (Å²) >= 11 is 0. The first-order valence-corrected chi connectivity index (χ1v) is 11.5. The van der Waals surface area contributed by atoms with Gasteiger partial charge < -0.3 is 19.5 Å². The van der Waals surface area contributed by atoms with Gasteiger partial charge >= 0.3 is 6.09 Å². The molecule has 2 rings (SSSR count). The van der Waals surface area contributed by atoms with E-state index in [9.17, 15) is 9.59 Å². The molecule has 2 fully saturated rings. The van der Waals surface area contributed by atoms with E-state index in [0.29, 0.717) is 25.4 Å². The Kier molecular flexibility index (Phi) is 9.90. The van der Waals surface area contributed by atoms with Crippen molar-refractivity contribution in [2.24, 2.45) is 5.92 Å². The molecule has 1 saturated carbocycles. The molecular formula is C23H41NO5. The summed E-state index contributed by atoms with van der Waals surface area (Å²) in [7, 11) is 0. The molecule has 3 unspecified atom stereocenters. The zero-order valence-electron chi connectivity index (χ0n) is 18.8. The molecule has 0 radical (unpaired) electrons. The number of Topliss-reactive ketones (excluding diaryl/α,β-unsaturated/α-hetero) is 1. The van der Waals surface area contributed by atoms with E-state index in [4.69, 9.17) is 14.2 Å². The minimum Gasteiger partial charge on any atom is -0.444 e. The average molecular weight is 412 g/mol. The second-order valence-electron chi connectivity index (χ2n) is 9.56. The molecule has 6 heteroatoms. The lowest BCUT2D eigenvalue weighted by Gasteiger charge is -2.35. The summed E-state index contributed by atoms with van der Waals surface area (Å²) in [6.45, 7) is 8.12. The van der Waals surface area contributed by atoms with Gasteiger partial charge in [0.25, 0.3) is 0 Å². The Morgan fingerprint density at radius 3 is 2.34 bits per heavy atom. The Hall–Kier alpha value is -1.14. The van der Waals surface area contributed by atoms with Gasteiger partial charge in [-0.15, -0.1) is 0 Å². The highest BCUT2D eigenvalue weighted by Gasteiger charge is 2.33. The van der Waals surface area contributed by atoms with Crippen LogP contribution in [0.4, 0.5) is 4.79 Å². The molecule has 0 aromatic carbocycles. The SMILES string of the molecule is CCC(=O)CC(OC1CCCCO1)C(CC1CCCCC1)NC(=O)OC(C)(C)C. The number of ketones is 1. The number of hydrogen-bond acceptors (Lipinski definition) is 5. The number of carbonyl (C=O) groups is 2. The Bertz CT molecular complexity index is 504. The van der Waals surface area contributed by atoms with E-state index < -0.39 is 11.7 Å². The maximum atomic E-state index is 12.6. The largest absolute Gasteiger partial charge is 0.444 e. The summed E-state index contributed by atoms with van der Waals surface area (Å²) in [5.41, 5.74) is -0.568. The van der Waals surface area contributed by atoms with Crippen molar-refractivity contribution in [2.75, 3.05) is 6.61 Å². The highest BCUT2D eigenvalue weighted by atomic mass is 16.7. The summed E-state index contributed by atoms with van der Waals surface area (Å²) in [5.74, 6) is 0.684. The van der Waals surface area contributed by atoms with Crippen LogP contribution in [0.15, 0.2) is 0 Å². The number of amides is 1. The van der Waals surface area contributed by atoms with Crippen LogP contribution in [0, 0.1) is 5.92 Å². The van der Waals surface area contributed by atoms with Gasteiger partial charge in [-0.25, -0.2) is 4.79 Å². The second-order valence-corrected chi connectivity index (χ2v) is 9.56. The molecule has 6 nitrogen and oxygen atoms in total. The van der Waals surface area contributed by atoms with Gasteiger partial charge in [0.1, 0.15) is 11.4 Å². The average Bonchev–Trinajstić information content (AvgIpc) is 2.67. The predicted molar refractivity (Wildman–Crippen MR) is 113 cm³/mol. The molecule has 0 aromatic rings. The van der Waals surface area contributed by atoms with E-state index in [2.05, 4.69) is 5.32 Å². The lowest BCUT2D eigenvalue weighted by atomic mass is 9.83. The van der Waals surface area contributed by atoms with Gasteiger partial charge in [-0.1, -0.05) is 39.0 Å². The Labute approximate surface area is 176 Å². The minimum atomic E-state index is -0.568. The first-order valence-electron chi connectivity index (χ1n) is 11.5. The zero-order chi connectivity index (χ0) is 21.3. The fourth-order valence-corrected chi connectivity index (χ4v) is 4.21. The van der Waals surface area contributed by atoms with E-state index in [1.807, 2.05) is 27.7 Å². The van der Waals surface area contributed by atoms with E-state index in [1.165, 1.54) is 32.1 Å². The molecule has 1 aliphatic heterocycles. The van der Waals surface area contributed by atoms with Crippen molar-refractivity contribution in [2.45, 2.75) is 122 Å². The third-order valence-electron chi connectivity index (χ3n) is 5.75. The first-order chi connectivity index (χ1) is 13.8. The topological polar surface area (TPSA) is 73.9 Å². The molecule has 1 heterocycles. The molecule has 1 saturated heterocycles. The van der Waals surface area contributed by atoms with Crippen molar-refractivity contribution in [1.29, 1.82) is 0 Å². The zero-order valence-corrected chi connectivity index (χ0v) is 18.8. The fourth-order valence-electron chi connectivity index (χ4n) is 4.21. The predicted octanol–water partition coefficient (Wildman–Crippen LogP) is 5.13. The third kappa shape index (κ3) is 9.47. The van der Waals surface area contributed by atoms with Gasteiger partial charge in [0.15, 0.2) is 6.29 Å². The lowest BCUT2D eigenvalue weighted by molar-refractivity contribution is -0.196. The second kappa shape index (κ2) is 11.9. The molecule has 0 bridgehead atoms. The number of ether oxygens (including phenoxy) is 3. The van der Waals surface area contributed by atoms with Gasteiger partial charge in [0, 0.05) is 19.4 Å². The van der Waals surface area contributed by atoms with Crippen molar-refractivity contribution in [3.05, 3.63) is 0 Å². The van der Waals surface area contributed by atoms with Crippen LogP contribution in [0.2, 0.25) is 0 Å². The van der Waals surface area contributed by atoms with Crippen LogP contribution in [0.1, 0.15) is 98.3 Å². The maximum Gasteiger partial charge on any atom is 0.407 e. The van der Waals surface area contributed by atoms with Crippen LogP contribution in [0.5, 0.6) is 0 Å². The molecule has 1 aliphatic carbocycles. The number of nitrogens with one attached hydrogen (secondary N) is 1. The van der Waals surface area contributed by atoms with Crippen LogP contribution >= 0.6 is 0 Å². The monoisotopic (exact) mass is 411 g/mol. The summed E-state index contributed by atoms with van der Waals surface area (Å²) in [6.07, 6.45) is 9.46. The highest BCUT2D eigenvalue weighted by molar-refractivity contribution is 5.78. The van der Waals surface area contributed by atoms with Crippen LogP contribution in [0.25, 0.3) is 0 Å². The van der Waals surface area contributed by atoms with Gasteiger partial charge in [0.2, 0.25) is 0 Å². The number of carbonyl (C=O) groups excluding carboxylic acids is 2.